The lowest BCUT2D eigenvalue weighted by molar-refractivity contribution is -0.158. The van der Waals surface area contributed by atoms with Gasteiger partial charge in [-0.15, -0.1) is 0 Å². The van der Waals surface area contributed by atoms with Gasteiger partial charge in [-0.05, 0) is 12.8 Å². The molecule has 2 atom stereocenters. The largest absolute Gasteiger partial charge is 0.320 e. The Kier molecular flexibility index (Phi) is 4.19. The lowest BCUT2D eigenvalue weighted by atomic mass is 10.3. The average molecular weight is 232 g/mol. The van der Waals surface area contributed by atoms with Crippen molar-refractivity contribution in [2.75, 3.05) is 13.1 Å². The first kappa shape index (κ1) is 12.8. The Bertz CT molecular complexity index is 233. The van der Waals surface area contributed by atoms with E-state index in [0.29, 0.717) is 36.1 Å². The van der Waals surface area contributed by atoms with E-state index >= 15 is 0 Å². The van der Waals surface area contributed by atoms with Crippen molar-refractivity contribution < 1.29 is 20.0 Å². The molecule has 2 fully saturated rings. The summed E-state index contributed by atoms with van der Waals surface area (Å²) in [5.74, 6) is -0.741. The number of amides is 2. The molecular weight excluding hydrogens is 216 g/mol. The first-order valence-corrected chi connectivity index (χ1v) is 4.95. The van der Waals surface area contributed by atoms with E-state index in [1.54, 1.807) is 0 Å². The van der Waals surface area contributed by atoms with E-state index in [1.165, 1.54) is 0 Å². The zero-order valence-electron chi connectivity index (χ0n) is 8.74. The number of hydroxylamine groups is 4. The minimum absolute atomic E-state index is 0.370. The van der Waals surface area contributed by atoms with Crippen molar-refractivity contribution in [3.05, 3.63) is 0 Å². The van der Waals surface area contributed by atoms with Crippen LogP contribution < -0.4 is 11.5 Å². The summed E-state index contributed by atoms with van der Waals surface area (Å²) in [6.07, 6.45) is 1.13. The molecule has 0 aromatic carbocycles. The average Bonchev–Trinajstić information content (AvgIpc) is 2.70. The predicted molar refractivity (Wildman–Crippen MR) is 52.2 cm³/mol. The number of nitrogens with zero attached hydrogens (tertiary/aromatic N) is 2. The minimum Gasteiger partial charge on any atom is -0.320 e. The summed E-state index contributed by atoms with van der Waals surface area (Å²) in [5, 5.41) is 18.5. The Balaban J connectivity index is 0.000000160. The summed E-state index contributed by atoms with van der Waals surface area (Å²) in [4.78, 5) is 20.9. The van der Waals surface area contributed by atoms with E-state index < -0.39 is 12.1 Å². The van der Waals surface area contributed by atoms with Crippen LogP contribution >= 0.6 is 0 Å². The predicted octanol–water partition coefficient (Wildman–Crippen LogP) is -2.13. The number of rotatable bonds is 0. The smallest absolute Gasteiger partial charge is 0.262 e. The monoisotopic (exact) mass is 232 g/mol. The van der Waals surface area contributed by atoms with Gasteiger partial charge in [0.2, 0.25) is 0 Å². The van der Waals surface area contributed by atoms with Crippen molar-refractivity contribution in [1.29, 1.82) is 0 Å². The van der Waals surface area contributed by atoms with Crippen molar-refractivity contribution in [3.63, 3.8) is 0 Å². The highest BCUT2D eigenvalue weighted by Gasteiger charge is 2.27. The molecule has 0 aromatic heterocycles. The third-order valence-electron chi connectivity index (χ3n) is 2.45. The van der Waals surface area contributed by atoms with Crippen LogP contribution in [-0.2, 0) is 9.59 Å². The summed E-state index contributed by atoms with van der Waals surface area (Å²) in [6, 6.07) is -0.944. The number of carbonyl (C=O) groups excluding carboxylic acids is 2. The van der Waals surface area contributed by atoms with Gasteiger partial charge < -0.3 is 11.5 Å². The van der Waals surface area contributed by atoms with Crippen molar-refractivity contribution in [2.24, 2.45) is 11.5 Å². The van der Waals surface area contributed by atoms with Gasteiger partial charge in [0, 0.05) is 0 Å². The van der Waals surface area contributed by atoms with Crippen molar-refractivity contribution >= 4 is 11.8 Å². The second-order valence-electron chi connectivity index (χ2n) is 3.71. The molecular formula is C8H16N4O4. The fourth-order valence-electron chi connectivity index (χ4n) is 1.37. The Morgan fingerprint density at radius 3 is 1.31 bits per heavy atom. The van der Waals surface area contributed by atoms with Crippen LogP contribution in [0.2, 0.25) is 0 Å². The molecule has 0 spiro atoms. The van der Waals surface area contributed by atoms with E-state index in [9.17, 15) is 9.59 Å². The van der Waals surface area contributed by atoms with Crippen molar-refractivity contribution in [3.8, 4) is 0 Å². The van der Waals surface area contributed by atoms with Gasteiger partial charge in [0.25, 0.3) is 11.8 Å². The number of hydrogen-bond donors (Lipinski definition) is 4. The lowest BCUT2D eigenvalue weighted by Gasteiger charge is -2.02. The van der Waals surface area contributed by atoms with E-state index in [-0.39, 0.29) is 11.8 Å². The molecule has 0 aromatic rings. The maximum Gasteiger partial charge on any atom is 0.262 e. The molecule has 0 bridgehead atoms. The van der Waals surface area contributed by atoms with Crippen LogP contribution in [0.15, 0.2) is 0 Å². The first-order chi connectivity index (χ1) is 7.43. The fourth-order valence-corrected chi connectivity index (χ4v) is 1.37. The lowest BCUT2D eigenvalue weighted by Crippen LogP contribution is -2.31. The standard InChI is InChI=1S/2C4H8N2O2/c2*5-3-1-2-6(8)4(3)7/h2*3,8H,1-2,5H2/t2*3-/m11/s1. The van der Waals surface area contributed by atoms with Gasteiger partial charge in [0.05, 0.1) is 25.2 Å². The quantitative estimate of drug-likeness (QED) is 0.352. The molecule has 2 heterocycles. The Labute approximate surface area is 92.3 Å². The molecule has 2 rings (SSSR count). The number of nitrogens with two attached hydrogens (primary N) is 2. The minimum atomic E-state index is -0.472. The van der Waals surface area contributed by atoms with Crippen LogP contribution in [0.3, 0.4) is 0 Å². The van der Waals surface area contributed by atoms with E-state index in [0.717, 1.165) is 0 Å². The third kappa shape index (κ3) is 2.89. The normalized spacial score (nSPS) is 29.5. The maximum atomic E-state index is 10.5. The van der Waals surface area contributed by atoms with Crippen LogP contribution in [0.1, 0.15) is 12.8 Å². The molecule has 8 nitrogen and oxygen atoms in total. The number of hydrogen-bond acceptors (Lipinski definition) is 6. The van der Waals surface area contributed by atoms with Crippen LogP contribution in [0.25, 0.3) is 0 Å². The molecule has 2 aliphatic heterocycles. The summed E-state index contributed by atoms with van der Waals surface area (Å²) in [7, 11) is 0. The summed E-state index contributed by atoms with van der Waals surface area (Å²) >= 11 is 0. The highest BCUT2D eigenvalue weighted by atomic mass is 16.5. The zero-order chi connectivity index (χ0) is 12.3. The van der Waals surface area contributed by atoms with Crippen molar-refractivity contribution in [2.45, 2.75) is 24.9 Å². The Morgan fingerprint density at radius 1 is 0.938 bits per heavy atom. The van der Waals surface area contributed by atoms with Gasteiger partial charge >= 0.3 is 0 Å². The van der Waals surface area contributed by atoms with E-state index in [2.05, 4.69) is 0 Å². The molecule has 0 saturated carbocycles. The van der Waals surface area contributed by atoms with Crippen LogP contribution in [0.4, 0.5) is 0 Å². The number of carbonyl (C=O) groups is 2. The second kappa shape index (κ2) is 5.21. The van der Waals surface area contributed by atoms with Gasteiger partial charge in [-0.25, -0.2) is 10.1 Å². The SMILES string of the molecule is N[C@@H]1CCN(O)C1=O.N[C@@H]1CCN(O)C1=O. The first-order valence-electron chi connectivity index (χ1n) is 4.95. The van der Waals surface area contributed by atoms with E-state index in [4.69, 9.17) is 21.9 Å². The molecule has 6 N–H and O–H groups in total. The van der Waals surface area contributed by atoms with Crippen LogP contribution in [-0.4, -0.2) is 57.5 Å². The van der Waals surface area contributed by atoms with Crippen LogP contribution in [0, 0.1) is 0 Å². The van der Waals surface area contributed by atoms with Gasteiger partial charge in [-0.3, -0.25) is 20.0 Å². The Morgan fingerprint density at radius 2 is 1.25 bits per heavy atom. The van der Waals surface area contributed by atoms with E-state index in [1.807, 2.05) is 0 Å². The maximum absolute atomic E-state index is 10.5. The molecule has 0 aliphatic carbocycles. The fraction of sp³-hybridized carbons (Fsp3) is 0.750. The second-order valence-corrected chi connectivity index (χ2v) is 3.71. The molecule has 2 amide bonds. The molecule has 16 heavy (non-hydrogen) atoms. The zero-order valence-corrected chi connectivity index (χ0v) is 8.74. The van der Waals surface area contributed by atoms with Crippen molar-refractivity contribution in [1.82, 2.24) is 10.1 Å². The van der Waals surface area contributed by atoms with Gasteiger partial charge in [-0.2, -0.15) is 0 Å². The summed E-state index contributed by atoms with van der Waals surface area (Å²) in [5.41, 5.74) is 10.4. The van der Waals surface area contributed by atoms with Gasteiger partial charge in [-0.1, -0.05) is 0 Å². The molecule has 2 saturated heterocycles. The Hall–Kier alpha value is -1.22. The highest BCUT2D eigenvalue weighted by Crippen LogP contribution is 2.04. The molecule has 2 aliphatic rings. The van der Waals surface area contributed by atoms with Crippen LogP contribution in [0.5, 0.6) is 0 Å². The highest BCUT2D eigenvalue weighted by molar-refractivity contribution is 5.82. The summed E-state index contributed by atoms with van der Waals surface area (Å²) in [6.45, 7) is 0.750. The molecule has 0 radical (unpaired) electrons. The summed E-state index contributed by atoms with van der Waals surface area (Å²) < 4.78 is 0. The van der Waals surface area contributed by atoms with Gasteiger partial charge in [0.1, 0.15) is 0 Å². The van der Waals surface area contributed by atoms with Gasteiger partial charge in [0.15, 0.2) is 0 Å². The molecule has 8 heteroatoms. The molecule has 0 unspecified atom stereocenters. The molecule has 92 valence electrons. The topological polar surface area (TPSA) is 133 Å². The third-order valence-corrected chi connectivity index (χ3v) is 2.45.